The molecule has 0 bridgehead atoms. The Balaban J connectivity index is 1.91. The van der Waals surface area contributed by atoms with Crippen molar-refractivity contribution in [1.82, 2.24) is 15.0 Å². The highest BCUT2D eigenvalue weighted by molar-refractivity contribution is 7.98. The molecule has 1 aromatic heterocycles. The molecule has 0 saturated heterocycles. The lowest BCUT2D eigenvalue weighted by Gasteiger charge is -2.13. The molecule has 1 aromatic carbocycles. The van der Waals surface area contributed by atoms with Crippen LogP contribution in [-0.2, 0) is 25.8 Å². The lowest BCUT2D eigenvalue weighted by atomic mass is 10.3. The van der Waals surface area contributed by atoms with E-state index in [1.54, 1.807) is 18.3 Å². The van der Waals surface area contributed by atoms with E-state index in [1.165, 1.54) is 37.0 Å². The van der Waals surface area contributed by atoms with Gasteiger partial charge in [0.1, 0.15) is 5.75 Å². The van der Waals surface area contributed by atoms with E-state index in [9.17, 15) is 21.9 Å². The lowest BCUT2D eigenvalue weighted by Crippen LogP contribution is -2.41. The number of primary sulfonamides is 1. The number of pyridine rings is 1. The molecule has 10 nitrogen and oxygen atoms in total. The molecule has 5 N–H and O–H groups in total. The molecule has 0 saturated carbocycles. The van der Waals surface area contributed by atoms with E-state index in [0.29, 0.717) is 23.7 Å². The lowest BCUT2D eigenvalue weighted by molar-refractivity contribution is 0.467. The number of hydrogen-bond acceptors (Lipinski definition) is 8. The highest BCUT2D eigenvalue weighted by Crippen LogP contribution is 2.18. The number of guanidine groups is 1. The van der Waals surface area contributed by atoms with Crippen LogP contribution in [0.4, 0.5) is 0 Å². The van der Waals surface area contributed by atoms with Crippen LogP contribution in [0.25, 0.3) is 0 Å². The van der Waals surface area contributed by atoms with Crippen molar-refractivity contribution in [3.05, 3.63) is 48.3 Å². The smallest absolute Gasteiger partial charge is 0.264 e. The van der Waals surface area contributed by atoms with Gasteiger partial charge in [-0.05, 0) is 30.3 Å². The number of rotatable bonds is 8. The number of thioether (sulfide) groups is 1. The van der Waals surface area contributed by atoms with Crippen molar-refractivity contribution < 1.29 is 21.9 Å². The minimum atomic E-state index is -4.06. The summed E-state index contributed by atoms with van der Waals surface area (Å²) in [5, 5.41) is 17.6. The van der Waals surface area contributed by atoms with Crippen LogP contribution in [0.2, 0.25) is 0 Å². The first-order valence-corrected chi connectivity index (χ1v) is 12.4. The zero-order valence-corrected chi connectivity index (χ0v) is 17.9. The summed E-state index contributed by atoms with van der Waals surface area (Å²) in [5.41, 5.74) is 0.567. The quantitative estimate of drug-likeness (QED) is 0.247. The van der Waals surface area contributed by atoms with Crippen molar-refractivity contribution in [2.45, 2.75) is 15.5 Å². The summed E-state index contributed by atoms with van der Waals surface area (Å²) in [4.78, 5) is 7.36. The number of hydrogen-bond donors (Lipinski definition) is 4. The van der Waals surface area contributed by atoms with Gasteiger partial charge in [0, 0.05) is 31.3 Å². The molecule has 0 amide bonds. The fourth-order valence-corrected chi connectivity index (χ4v) is 4.63. The summed E-state index contributed by atoms with van der Waals surface area (Å²) < 4.78 is 50.1. The summed E-state index contributed by atoms with van der Waals surface area (Å²) >= 11 is 1.49. The molecule has 0 aliphatic heterocycles. The molecule has 158 valence electrons. The fraction of sp³-hybridized carbons (Fsp3) is 0.250. The highest BCUT2D eigenvalue weighted by atomic mass is 32.2. The first kappa shape index (κ1) is 22.9. The Bertz CT molecular complexity index is 1090. The third-order valence-corrected chi connectivity index (χ3v) is 6.76. The zero-order valence-electron chi connectivity index (χ0n) is 15.4. The van der Waals surface area contributed by atoms with Crippen molar-refractivity contribution in [3.63, 3.8) is 0 Å². The number of aromatic nitrogens is 1. The van der Waals surface area contributed by atoms with E-state index >= 15 is 0 Å². The van der Waals surface area contributed by atoms with Crippen LogP contribution in [0.3, 0.4) is 0 Å². The van der Waals surface area contributed by atoms with Gasteiger partial charge in [-0.2, -0.15) is 11.8 Å². The summed E-state index contributed by atoms with van der Waals surface area (Å²) in [6, 6.07) is 7.91. The number of nitrogens with zero attached hydrogens (tertiary/aromatic N) is 2. The molecule has 2 rings (SSSR count). The molecular weight excluding hydrogens is 438 g/mol. The summed E-state index contributed by atoms with van der Waals surface area (Å²) in [6.45, 7) is 0.394. The minimum absolute atomic E-state index is 0.00675. The highest BCUT2D eigenvalue weighted by Gasteiger charge is 2.19. The molecule has 1 heterocycles. The van der Waals surface area contributed by atoms with Crippen molar-refractivity contribution in [2.24, 2.45) is 10.1 Å². The molecular formula is C16H21N5O5S3. The molecule has 0 unspecified atom stereocenters. The largest absolute Gasteiger partial charge is 0.506 e. The van der Waals surface area contributed by atoms with Gasteiger partial charge in [0.2, 0.25) is 16.0 Å². The van der Waals surface area contributed by atoms with Crippen molar-refractivity contribution in [2.75, 3.05) is 19.3 Å². The van der Waals surface area contributed by atoms with E-state index in [1.807, 2.05) is 0 Å². The summed E-state index contributed by atoms with van der Waals surface area (Å²) in [5.74, 6) is 1.22. The maximum atomic E-state index is 12.5. The molecule has 0 radical (unpaired) electrons. The zero-order chi connectivity index (χ0) is 21.5. The van der Waals surface area contributed by atoms with Gasteiger partial charge in [-0.15, -0.1) is 0 Å². The molecule has 0 spiro atoms. The van der Waals surface area contributed by atoms with Gasteiger partial charge in [-0.25, -0.2) is 26.7 Å². The topological polar surface area (TPSA) is 164 Å². The van der Waals surface area contributed by atoms with Crippen LogP contribution in [-0.4, -0.2) is 52.2 Å². The first-order chi connectivity index (χ1) is 13.6. The van der Waals surface area contributed by atoms with Crippen molar-refractivity contribution in [3.8, 4) is 5.75 Å². The molecule has 29 heavy (non-hydrogen) atoms. The predicted octanol–water partition coefficient (Wildman–Crippen LogP) is 0.222. The second kappa shape index (κ2) is 9.91. The molecule has 0 aliphatic rings. The van der Waals surface area contributed by atoms with Crippen molar-refractivity contribution >= 4 is 37.8 Å². The number of aliphatic imine (C=N–C) groups is 1. The number of nitrogens with one attached hydrogen (secondary N) is 2. The fourth-order valence-electron chi connectivity index (χ4n) is 2.12. The van der Waals surface area contributed by atoms with E-state index in [-0.39, 0.29) is 21.5 Å². The van der Waals surface area contributed by atoms with Crippen LogP contribution in [0, 0.1) is 0 Å². The normalized spacial score (nSPS) is 12.6. The van der Waals surface area contributed by atoms with Gasteiger partial charge in [0.25, 0.3) is 10.0 Å². The maximum absolute atomic E-state index is 12.5. The average molecular weight is 460 g/mol. The molecule has 2 aromatic rings. The van der Waals surface area contributed by atoms with E-state index < -0.39 is 20.0 Å². The number of nitrogens with two attached hydrogens (primary N) is 1. The molecule has 0 atom stereocenters. The number of sulfonamides is 2. The Morgan fingerprint density at radius 3 is 2.59 bits per heavy atom. The summed E-state index contributed by atoms with van der Waals surface area (Å²) in [6.07, 6.45) is 1.59. The van der Waals surface area contributed by atoms with Gasteiger partial charge in [0.05, 0.1) is 15.5 Å². The third-order valence-electron chi connectivity index (χ3n) is 3.54. The Morgan fingerprint density at radius 1 is 1.21 bits per heavy atom. The van der Waals surface area contributed by atoms with E-state index in [4.69, 9.17) is 5.14 Å². The van der Waals surface area contributed by atoms with Gasteiger partial charge < -0.3 is 10.4 Å². The van der Waals surface area contributed by atoms with Gasteiger partial charge >= 0.3 is 0 Å². The SMILES string of the molecule is CN=C(NCCSCc1ncccc1O)NS(=O)(=O)c1cccc(S(N)(=O)=O)c1. The number of benzene rings is 1. The van der Waals surface area contributed by atoms with E-state index in [0.717, 1.165) is 6.07 Å². The Kier molecular flexibility index (Phi) is 7.84. The predicted molar refractivity (Wildman–Crippen MR) is 112 cm³/mol. The average Bonchev–Trinajstić information content (AvgIpc) is 2.67. The minimum Gasteiger partial charge on any atom is -0.506 e. The van der Waals surface area contributed by atoms with Crippen LogP contribution >= 0.6 is 11.8 Å². The number of aromatic hydroxyl groups is 1. The van der Waals surface area contributed by atoms with Crippen LogP contribution in [0.5, 0.6) is 5.75 Å². The molecule has 0 aliphatic carbocycles. The van der Waals surface area contributed by atoms with Gasteiger partial charge in [0.15, 0.2) is 0 Å². The van der Waals surface area contributed by atoms with Crippen LogP contribution < -0.4 is 15.2 Å². The van der Waals surface area contributed by atoms with Gasteiger partial charge in [-0.3, -0.25) is 9.98 Å². The Labute approximate surface area is 173 Å². The Morgan fingerprint density at radius 2 is 1.93 bits per heavy atom. The van der Waals surface area contributed by atoms with E-state index in [2.05, 4.69) is 20.0 Å². The third kappa shape index (κ3) is 6.88. The summed E-state index contributed by atoms with van der Waals surface area (Å²) in [7, 11) is -6.68. The second-order valence-electron chi connectivity index (χ2n) is 5.65. The molecule has 0 fully saturated rings. The monoisotopic (exact) mass is 459 g/mol. The molecule has 13 heteroatoms. The second-order valence-corrected chi connectivity index (χ2v) is 10.00. The van der Waals surface area contributed by atoms with Crippen LogP contribution in [0.1, 0.15) is 5.69 Å². The van der Waals surface area contributed by atoms with Gasteiger partial charge in [-0.1, -0.05) is 6.07 Å². The first-order valence-electron chi connectivity index (χ1n) is 8.20. The Hall–Kier alpha value is -2.35. The van der Waals surface area contributed by atoms with Crippen molar-refractivity contribution in [1.29, 1.82) is 0 Å². The standard InChI is InChI=1S/C16H21N5O5S3/c1-18-16(20-8-9-27-11-14-15(22)6-3-7-19-14)21-29(25,26)13-5-2-4-12(10-13)28(17,23)24/h2-7,10,22H,8-9,11H2,1H3,(H2,17,23,24)(H2,18,20,21). The van der Waals surface area contributed by atoms with Crippen LogP contribution in [0.15, 0.2) is 57.4 Å². The maximum Gasteiger partial charge on any atom is 0.264 e.